The first kappa shape index (κ1) is 17.8. The molecule has 7 heteroatoms. The van der Waals surface area contributed by atoms with Crippen molar-refractivity contribution in [3.63, 3.8) is 0 Å². The van der Waals surface area contributed by atoms with Crippen molar-refractivity contribution in [1.29, 1.82) is 0 Å². The number of carbonyl (C=O) groups is 3. The van der Waals surface area contributed by atoms with Gasteiger partial charge in [-0.3, -0.25) is 9.59 Å². The summed E-state index contributed by atoms with van der Waals surface area (Å²) in [6.07, 6.45) is 1.52. The van der Waals surface area contributed by atoms with Gasteiger partial charge >= 0.3 is 12.0 Å². The summed E-state index contributed by atoms with van der Waals surface area (Å²) in [7, 11) is 0. The lowest BCUT2D eigenvalue weighted by Gasteiger charge is -2.28. The quantitative estimate of drug-likeness (QED) is 0.676. The second-order valence-electron chi connectivity index (χ2n) is 5.77. The molecule has 1 aliphatic heterocycles. The summed E-state index contributed by atoms with van der Waals surface area (Å²) in [5.41, 5.74) is 0.989. The average molecular weight is 333 g/mol. The van der Waals surface area contributed by atoms with Gasteiger partial charge in [0.2, 0.25) is 5.91 Å². The van der Waals surface area contributed by atoms with E-state index in [1.165, 1.54) is 0 Å². The number of carbonyl (C=O) groups excluding carboxylic acids is 2. The van der Waals surface area contributed by atoms with Crippen LogP contribution in [0.2, 0.25) is 0 Å². The molecule has 130 valence electrons. The topological polar surface area (TPSA) is 98.7 Å². The van der Waals surface area contributed by atoms with Crippen molar-refractivity contribution in [2.45, 2.75) is 31.7 Å². The molecule has 0 radical (unpaired) electrons. The number of nitrogens with one attached hydrogen (secondary N) is 2. The van der Waals surface area contributed by atoms with E-state index < -0.39 is 12.0 Å². The Morgan fingerprint density at radius 3 is 2.75 bits per heavy atom. The highest BCUT2D eigenvalue weighted by atomic mass is 16.4. The number of urea groups is 1. The van der Waals surface area contributed by atoms with E-state index in [0.717, 1.165) is 5.56 Å². The van der Waals surface area contributed by atoms with Crippen molar-refractivity contribution < 1.29 is 19.5 Å². The van der Waals surface area contributed by atoms with Crippen LogP contribution in [0, 0.1) is 0 Å². The number of carboxylic acids is 1. The number of hydrogen-bond donors (Lipinski definition) is 3. The zero-order chi connectivity index (χ0) is 17.4. The van der Waals surface area contributed by atoms with Crippen molar-refractivity contribution in [2.24, 2.45) is 0 Å². The third-order valence-corrected chi connectivity index (χ3v) is 3.93. The van der Waals surface area contributed by atoms with Crippen molar-refractivity contribution in [3.05, 3.63) is 35.9 Å². The zero-order valence-corrected chi connectivity index (χ0v) is 13.5. The summed E-state index contributed by atoms with van der Waals surface area (Å²) >= 11 is 0. The van der Waals surface area contributed by atoms with E-state index in [1.807, 2.05) is 30.3 Å². The minimum Gasteiger partial charge on any atom is -0.481 e. The van der Waals surface area contributed by atoms with E-state index >= 15 is 0 Å². The normalized spacial score (nSPS) is 17.8. The molecule has 0 aromatic heterocycles. The van der Waals surface area contributed by atoms with Gasteiger partial charge in [-0.05, 0) is 18.4 Å². The Morgan fingerprint density at radius 2 is 2.04 bits per heavy atom. The van der Waals surface area contributed by atoms with Gasteiger partial charge in [-0.15, -0.1) is 0 Å². The molecule has 3 N–H and O–H groups in total. The molecular weight excluding hydrogens is 310 g/mol. The maximum atomic E-state index is 12.4. The van der Waals surface area contributed by atoms with Crippen LogP contribution >= 0.6 is 0 Å². The minimum atomic E-state index is -0.889. The number of nitrogens with zero attached hydrogens (tertiary/aromatic N) is 1. The monoisotopic (exact) mass is 333 g/mol. The summed E-state index contributed by atoms with van der Waals surface area (Å²) in [6.45, 7) is 1.31. The molecule has 24 heavy (non-hydrogen) atoms. The molecule has 0 saturated carbocycles. The van der Waals surface area contributed by atoms with Gasteiger partial charge in [0, 0.05) is 32.5 Å². The molecule has 0 spiro atoms. The fourth-order valence-corrected chi connectivity index (χ4v) is 2.70. The van der Waals surface area contributed by atoms with E-state index in [9.17, 15) is 14.4 Å². The van der Waals surface area contributed by atoms with Crippen LogP contribution in [0.5, 0.6) is 0 Å². The van der Waals surface area contributed by atoms with Crippen LogP contribution in [0.25, 0.3) is 0 Å². The smallest absolute Gasteiger partial charge is 0.318 e. The fourth-order valence-electron chi connectivity index (χ4n) is 2.70. The van der Waals surface area contributed by atoms with Gasteiger partial charge in [-0.1, -0.05) is 30.3 Å². The summed E-state index contributed by atoms with van der Waals surface area (Å²) in [4.78, 5) is 36.8. The van der Waals surface area contributed by atoms with Gasteiger partial charge in [-0.25, -0.2) is 4.79 Å². The van der Waals surface area contributed by atoms with E-state index in [1.54, 1.807) is 4.90 Å². The first-order valence-electron chi connectivity index (χ1n) is 8.16. The second kappa shape index (κ2) is 8.90. The second-order valence-corrected chi connectivity index (χ2v) is 5.77. The molecule has 1 aromatic rings. The number of amides is 3. The molecule has 2 rings (SSSR count). The van der Waals surface area contributed by atoms with Crippen LogP contribution in [0.1, 0.15) is 24.8 Å². The fraction of sp³-hybridized carbons (Fsp3) is 0.471. The number of hydrogen-bond acceptors (Lipinski definition) is 3. The van der Waals surface area contributed by atoms with Crippen LogP contribution in [-0.2, 0) is 16.0 Å². The average Bonchev–Trinajstić information content (AvgIpc) is 2.75. The van der Waals surface area contributed by atoms with Gasteiger partial charge in [0.25, 0.3) is 0 Å². The molecular formula is C17H23N3O4. The number of benzene rings is 1. The minimum absolute atomic E-state index is 0.00814. The molecule has 1 atom stereocenters. The van der Waals surface area contributed by atoms with Crippen LogP contribution in [0.4, 0.5) is 4.79 Å². The standard InChI is InChI=1S/C17H23N3O4/c21-15(22)8-4-9-19-17(24)20-11-5-10-18-16(23)14(20)12-13-6-2-1-3-7-13/h1-3,6-7,14H,4-5,8-12H2,(H,18,23)(H,19,24)(H,21,22). The molecule has 1 heterocycles. The van der Waals surface area contributed by atoms with Crippen LogP contribution in [-0.4, -0.2) is 53.6 Å². The van der Waals surface area contributed by atoms with Crippen molar-refractivity contribution in [3.8, 4) is 0 Å². The number of carboxylic acid groups (broad SMARTS) is 1. The summed E-state index contributed by atoms with van der Waals surface area (Å²) in [5, 5.41) is 14.2. The molecule has 1 saturated heterocycles. The SMILES string of the molecule is O=C(O)CCCNC(=O)N1CCCNC(=O)C1Cc1ccccc1. The lowest BCUT2D eigenvalue weighted by atomic mass is 10.0. The lowest BCUT2D eigenvalue weighted by molar-refractivity contribution is -0.137. The number of rotatable bonds is 6. The summed E-state index contributed by atoms with van der Waals surface area (Å²) in [6, 6.07) is 8.69. The zero-order valence-electron chi connectivity index (χ0n) is 13.5. The molecule has 7 nitrogen and oxygen atoms in total. The Balaban J connectivity index is 2.00. The molecule has 1 unspecified atom stereocenters. The van der Waals surface area contributed by atoms with Crippen molar-refractivity contribution in [2.75, 3.05) is 19.6 Å². The molecule has 1 aliphatic rings. The largest absolute Gasteiger partial charge is 0.481 e. The van der Waals surface area contributed by atoms with Crippen LogP contribution in [0.3, 0.4) is 0 Å². The van der Waals surface area contributed by atoms with Crippen molar-refractivity contribution >= 4 is 17.9 Å². The highest BCUT2D eigenvalue weighted by molar-refractivity contribution is 5.87. The van der Waals surface area contributed by atoms with E-state index in [2.05, 4.69) is 10.6 Å². The molecule has 0 bridgehead atoms. The summed E-state index contributed by atoms with van der Waals surface area (Å²) < 4.78 is 0. The molecule has 3 amide bonds. The molecule has 1 aromatic carbocycles. The molecule has 0 aliphatic carbocycles. The van der Waals surface area contributed by atoms with Gasteiger partial charge in [0.05, 0.1) is 0 Å². The number of aliphatic carboxylic acids is 1. The Labute approximate surface area is 141 Å². The predicted octanol–water partition coefficient (Wildman–Crippen LogP) is 0.994. The van der Waals surface area contributed by atoms with Crippen LogP contribution in [0.15, 0.2) is 30.3 Å². The third kappa shape index (κ3) is 5.26. The predicted molar refractivity (Wildman–Crippen MR) is 88.5 cm³/mol. The highest BCUT2D eigenvalue weighted by Gasteiger charge is 2.31. The van der Waals surface area contributed by atoms with E-state index in [4.69, 9.17) is 5.11 Å². The Bertz CT molecular complexity index is 576. The Hall–Kier alpha value is -2.57. The summed E-state index contributed by atoms with van der Waals surface area (Å²) in [5.74, 6) is -1.04. The maximum Gasteiger partial charge on any atom is 0.318 e. The van der Waals surface area contributed by atoms with E-state index in [0.29, 0.717) is 32.4 Å². The Morgan fingerprint density at radius 1 is 1.29 bits per heavy atom. The van der Waals surface area contributed by atoms with E-state index in [-0.39, 0.29) is 24.9 Å². The van der Waals surface area contributed by atoms with Gasteiger partial charge < -0.3 is 20.6 Å². The highest BCUT2D eigenvalue weighted by Crippen LogP contribution is 2.13. The maximum absolute atomic E-state index is 12.4. The van der Waals surface area contributed by atoms with Gasteiger partial charge in [0.15, 0.2) is 0 Å². The van der Waals surface area contributed by atoms with Gasteiger partial charge in [-0.2, -0.15) is 0 Å². The molecule has 1 fully saturated rings. The third-order valence-electron chi connectivity index (χ3n) is 3.93. The first-order valence-corrected chi connectivity index (χ1v) is 8.16. The first-order chi connectivity index (χ1) is 11.6. The Kier molecular flexibility index (Phi) is 6.60. The van der Waals surface area contributed by atoms with Crippen molar-refractivity contribution in [1.82, 2.24) is 15.5 Å². The lowest BCUT2D eigenvalue weighted by Crippen LogP contribution is -2.52. The van der Waals surface area contributed by atoms with Gasteiger partial charge in [0.1, 0.15) is 6.04 Å². The van der Waals surface area contributed by atoms with Crippen LogP contribution < -0.4 is 10.6 Å².